The van der Waals surface area contributed by atoms with Gasteiger partial charge in [0.15, 0.2) is 4.80 Å². The van der Waals surface area contributed by atoms with Gasteiger partial charge in [0.25, 0.3) is 5.91 Å². The molecule has 0 aliphatic rings. The highest BCUT2D eigenvalue weighted by Crippen LogP contribution is 2.23. The maximum Gasteiger partial charge on any atom is 0.282 e. The smallest absolute Gasteiger partial charge is 0.282 e. The van der Waals surface area contributed by atoms with Crippen molar-refractivity contribution in [2.75, 3.05) is 13.2 Å². The summed E-state index contributed by atoms with van der Waals surface area (Å²) in [6.07, 6.45) is 0. The molecule has 0 radical (unpaired) electrons. The van der Waals surface area contributed by atoms with Gasteiger partial charge in [0.05, 0.1) is 22.4 Å². The summed E-state index contributed by atoms with van der Waals surface area (Å²) in [5.74, 6) is -1.13. The summed E-state index contributed by atoms with van der Waals surface area (Å²) in [4.78, 5) is 17.3. The number of amides is 1. The Morgan fingerprint density at radius 1 is 1.27 bits per heavy atom. The fraction of sp³-hybridized carbons (Fsp3) is 0.300. The minimum absolute atomic E-state index is 0.0192. The van der Waals surface area contributed by atoms with Crippen LogP contribution in [0.1, 0.15) is 28.4 Å². The highest BCUT2D eigenvalue weighted by atomic mass is 32.1. The maximum atomic E-state index is 13.9. The van der Waals surface area contributed by atoms with Gasteiger partial charge >= 0.3 is 0 Å². The molecule has 0 aliphatic carbocycles. The number of carbonyl (C=O) groups excluding carboxylic acids is 1. The van der Waals surface area contributed by atoms with Crippen LogP contribution in [0.2, 0.25) is 0 Å². The van der Waals surface area contributed by atoms with Crippen molar-refractivity contribution in [2.45, 2.75) is 27.3 Å². The molecule has 6 heteroatoms. The first kappa shape index (κ1) is 18.5. The van der Waals surface area contributed by atoms with Gasteiger partial charge in [-0.05, 0) is 50.1 Å². The number of hydrogen-bond donors (Lipinski definition) is 0. The summed E-state index contributed by atoms with van der Waals surface area (Å²) < 4.78 is 22.4. The molecule has 3 aromatic rings. The van der Waals surface area contributed by atoms with Gasteiger partial charge in [-0.3, -0.25) is 4.79 Å². The van der Waals surface area contributed by atoms with Crippen molar-refractivity contribution in [2.24, 2.45) is 4.99 Å². The average Bonchev–Trinajstić information content (AvgIpc) is 2.92. The Kier molecular flexibility index (Phi) is 5.64. The lowest BCUT2D eigenvalue weighted by Gasteiger charge is -2.08. The van der Waals surface area contributed by atoms with E-state index in [1.54, 1.807) is 12.1 Å². The van der Waals surface area contributed by atoms with Gasteiger partial charge in [-0.2, -0.15) is 4.99 Å². The number of thiazole rings is 1. The molecule has 3 rings (SSSR count). The molecule has 0 saturated carbocycles. The van der Waals surface area contributed by atoms with Crippen LogP contribution in [-0.2, 0) is 11.3 Å². The van der Waals surface area contributed by atoms with E-state index < -0.39 is 11.7 Å². The SMILES string of the molecule is CCOCCn1c(=NC(=O)c2ccccc2F)sc2cc(C)cc(C)c21. The Hall–Kier alpha value is -2.31. The Labute approximate surface area is 155 Å². The summed E-state index contributed by atoms with van der Waals surface area (Å²) in [6, 6.07) is 10.1. The zero-order chi connectivity index (χ0) is 18.7. The first-order valence-electron chi connectivity index (χ1n) is 8.53. The molecule has 0 bridgehead atoms. The van der Waals surface area contributed by atoms with Crippen LogP contribution in [0, 0.1) is 19.7 Å². The van der Waals surface area contributed by atoms with E-state index >= 15 is 0 Å². The van der Waals surface area contributed by atoms with Crippen LogP contribution in [-0.4, -0.2) is 23.7 Å². The minimum atomic E-state index is -0.575. The van der Waals surface area contributed by atoms with Gasteiger partial charge in [0.2, 0.25) is 0 Å². The van der Waals surface area contributed by atoms with Gasteiger partial charge in [-0.25, -0.2) is 4.39 Å². The molecular formula is C20H21FN2O2S. The van der Waals surface area contributed by atoms with Crippen LogP contribution < -0.4 is 4.80 Å². The summed E-state index contributed by atoms with van der Waals surface area (Å²) >= 11 is 1.44. The van der Waals surface area contributed by atoms with Crippen molar-refractivity contribution >= 4 is 27.5 Å². The molecule has 136 valence electrons. The van der Waals surface area contributed by atoms with Crippen molar-refractivity contribution in [1.82, 2.24) is 4.57 Å². The monoisotopic (exact) mass is 372 g/mol. The molecule has 2 aromatic carbocycles. The van der Waals surface area contributed by atoms with Crippen LogP contribution in [0.25, 0.3) is 10.2 Å². The third kappa shape index (κ3) is 3.76. The number of nitrogens with zero attached hydrogens (tertiary/aromatic N) is 2. The van der Waals surface area contributed by atoms with Gasteiger partial charge < -0.3 is 9.30 Å². The van der Waals surface area contributed by atoms with Crippen LogP contribution in [0.4, 0.5) is 4.39 Å². The summed E-state index contributed by atoms with van der Waals surface area (Å²) in [5, 5.41) is 0. The molecule has 0 spiro atoms. The van der Waals surface area contributed by atoms with Gasteiger partial charge in [-0.15, -0.1) is 0 Å². The van der Waals surface area contributed by atoms with Crippen molar-refractivity contribution in [1.29, 1.82) is 0 Å². The molecular weight excluding hydrogens is 351 g/mol. The topological polar surface area (TPSA) is 43.6 Å². The summed E-state index contributed by atoms with van der Waals surface area (Å²) in [6.45, 7) is 7.76. The number of aromatic nitrogens is 1. The molecule has 0 saturated heterocycles. The predicted molar refractivity (Wildman–Crippen MR) is 102 cm³/mol. The second-order valence-corrected chi connectivity index (χ2v) is 7.07. The molecule has 0 atom stereocenters. The number of ether oxygens (including phenoxy) is 1. The quantitative estimate of drug-likeness (QED) is 0.629. The van der Waals surface area contributed by atoms with E-state index in [-0.39, 0.29) is 5.56 Å². The Morgan fingerprint density at radius 2 is 2.04 bits per heavy atom. The standard InChI is InChI=1S/C20H21FN2O2S/c1-4-25-10-9-23-18-14(3)11-13(2)12-17(18)26-20(23)22-19(24)15-7-5-6-8-16(15)21/h5-8,11-12H,4,9-10H2,1-3H3. The third-order valence-electron chi connectivity index (χ3n) is 4.08. The number of halogens is 1. The number of rotatable bonds is 5. The second-order valence-electron chi connectivity index (χ2n) is 6.06. The molecule has 4 nitrogen and oxygen atoms in total. The van der Waals surface area contributed by atoms with Crippen molar-refractivity contribution < 1.29 is 13.9 Å². The number of hydrogen-bond acceptors (Lipinski definition) is 3. The summed E-state index contributed by atoms with van der Waals surface area (Å²) in [7, 11) is 0. The van der Waals surface area contributed by atoms with Crippen molar-refractivity contribution in [3.8, 4) is 0 Å². The lowest BCUT2D eigenvalue weighted by Crippen LogP contribution is -2.20. The zero-order valence-electron chi connectivity index (χ0n) is 15.1. The van der Waals surface area contributed by atoms with Crippen LogP contribution in [0.5, 0.6) is 0 Å². The third-order valence-corrected chi connectivity index (χ3v) is 5.10. The zero-order valence-corrected chi connectivity index (χ0v) is 15.9. The van der Waals surface area contributed by atoms with E-state index in [0.717, 1.165) is 21.3 Å². The highest BCUT2D eigenvalue weighted by Gasteiger charge is 2.13. The van der Waals surface area contributed by atoms with E-state index in [0.29, 0.717) is 24.6 Å². The average molecular weight is 372 g/mol. The lowest BCUT2D eigenvalue weighted by atomic mass is 10.1. The molecule has 0 fully saturated rings. The first-order chi connectivity index (χ1) is 12.5. The number of fused-ring (bicyclic) bond motifs is 1. The van der Waals surface area contributed by atoms with E-state index in [4.69, 9.17) is 4.74 Å². The number of benzene rings is 2. The predicted octanol–water partition coefficient (Wildman–Crippen LogP) is 4.24. The highest BCUT2D eigenvalue weighted by molar-refractivity contribution is 7.16. The molecule has 0 N–H and O–H groups in total. The van der Waals surface area contributed by atoms with Gasteiger partial charge in [0.1, 0.15) is 5.82 Å². The Balaban J connectivity index is 2.14. The Morgan fingerprint density at radius 3 is 2.77 bits per heavy atom. The fourth-order valence-electron chi connectivity index (χ4n) is 2.97. The summed E-state index contributed by atoms with van der Waals surface area (Å²) in [5.41, 5.74) is 3.29. The largest absolute Gasteiger partial charge is 0.380 e. The van der Waals surface area contributed by atoms with E-state index in [9.17, 15) is 9.18 Å². The Bertz CT molecular complexity index is 1020. The molecule has 26 heavy (non-hydrogen) atoms. The molecule has 1 heterocycles. The van der Waals surface area contributed by atoms with Crippen molar-refractivity contribution in [3.05, 3.63) is 63.7 Å². The fourth-order valence-corrected chi connectivity index (χ4v) is 4.20. The minimum Gasteiger partial charge on any atom is -0.380 e. The van der Waals surface area contributed by atoms with E-state index in [2.05, 4.69) is 17.1 Å². The maximum absolute atomic E-state index is 13.9. The van der Waals surface area contributed by atoms with Crippen LogP contribution >= 0.6 is 11.3 Å². The molecule has 0 unspecified atom stereocenters. The van der Waals surface area contributed by atoms with E-state index in [1.165, 1.54) is 23.5 Å². The van der Waals surface area contributed by atoms with Gasteiger partial charge in [-0.1, -0.05) is 29.5 Å². The van der Waals surface area contributed by atoms with Crippen LogP contribution in [0.15, 0.2) is 41.4 Å². The second kappa shape index (κ2) is 7.93. The van der Waals surface area contributed by atoms with Gasteiger partial charge in [0, 0.05) is 13.2 Å². The molecule has 1 aromatic heterocycles. The lowest BCUT2D eigenvalue weighted by molar-refractivity contribution is 0.0993. The van der Waals surface area contributed by atoms with Crippen molar-refractivity contribution in [3.63, 3.8) is 0 Å². The molecule has 1 amide bonds. The van der Waals surface area contributed by atoms with E-state index in [1.807, 2.05) is 25.3 Å². The normalized spacial score (nSPS) is 12.1. The number of carbonyl (C=O) groups is 1. The molecule has 0 aliphatic heterocycles. The first-order valence-corrected chi connectivity index (χ1v) is 9.35. The number of aryl methyl sites for hydroxylation is 2. The van der Waals surface area contributed by atoms with Crippen LogP contribution in [0.3, 0.4) is 0 Å².